The van der Waals surface area contributed by atoms with Crippen molar-refractivity contribution in [1.29, 1.82) is 0 Å². The van der Waals surface area contributed by atoms with Gasteiger partial charge < -0.3 is 14.0 Å². The second-order valence-corrected chi connectivity index (χ2v) is 8.09. The molecule has 1 fully saturated rings. The van der Waals surface area contributed by atoms with Crippen molar-refractivity contribution in [3.8, 4) is 0 Å². The quantitative estimate of drug-likeness (QED) is 0.333. The Kier molecular flexibility index (Phi) is 5.91. The van der Waals surface area contributed by atoms with Crippen LogP contribution in [-0.2, 0) is 18.8 Å². The number of carbonyl (C=O) groups is 1. The highest BCUT2D eigenvalue weighted by Crippen LogP contribution is 2.40. The minimum Gasteiger partial charge on any atom is -0.465 e. The van der Waals surface area contributed by atoms with Crippen LogP contribution in [0.25, 0.3) is 0 Å². The first kappa shape index (κ1) is 19.2. The molecule has 0 bridgehead atoms. The van der Waals surface area contributed by atoms with Crippen LogP contribution in [-0.4, -0.2) is 30.9 Å². The summed E-state index contributed by atoms with van der Waals surface area (Å²) in [5, 5.41) is 0. The molecule has 0 aromatic rings. The lowest BCUT2D eigenvalue weighted by molar-refractivity contribution is -0.152. The van der Waals surface area contributed by atoms with E-state index in [1.54, 1.807) is 0 Å². The van der Waals surface area contributed by atoms with E-state index in [4.69, 9.17) is 14.0 Å². The molecule has 1 rings (SSSR count). The predicted octanol–water partition coefficient (Wildman–Crippen LogP) is 4.00. The molecule has 1 aliphatic rings. The van der Waals surface area contributed by atoms with E-state index in [0.29, 0.717) is 13.0 Å². The Hall–Kier alpha value is -0.805. The number of hydrogen-bond acceptors (Lipinski definition) is 4. The number of rotatable bonds is 5. The van der Waals surface area contributed by atoms with Gasteiger partial charge in [-0.1, -0.05) is 19.1 Å². The molecule has 0 aromatic carbocycles. The molecule has 1 saturated heterocycles. The lowest BCUT2D eigenvalue weighted by Crippen LogP contribution is -2.41. The molecule has 5 heteroatoms. The summed E-state index contributed by atoms with van der Waals surface area (Å²) in [7, 11) is -0.238. The molecular weight excluding hydrogens is 279 g/mol. The van der Waals surface area contributed by atoms with Crippen LogP contribution in [0.3, 0.4) is 0 Å². The number of allylic oxidation sites excluding steroid dienone is 1. The maximum atomic E-state index is 11.6. The molecule has 0 amide bonds. The summed E-state index contributed by atoms with van der Waals surface area (Å²) in [5.41, 5.74) is -1.05. The molecule has 0 aliphatic carbocycles. The normalized spacial score (nSPS) is 22.1. The van der Waals surface area contributed by atoms with Gasteiger partial charge in [0.25, 0.3) is 0 Å². The van der Waals surface area contributed by atoms with Gasteiger partial charge in [-0.05, 0) is 54.9 Å². The van der Waals surface area contributed by atoms with E-state index in [1.807, 2.05) is 26.8 Å². The summed E-state index contributed by atoms with van der Waals surface area (Å²) in [5.74, 6) is -0.0146. The zero-order valence-corrected chi connectivity index (χ0v) is 15.4. The van der Waals surface area contributed by atoms with Crippen molar-refractivity contribution in [2.24, 2.45) is 5.41 Å². The van der Waals surface area contributed by atoms with Crippen molar-refractivity contribution >= 4 is 13.1 Å². The average molecular weight is 310 g/mol. The van der Waals surface area contributed by atoms with E-state index >= 15 is 0 Å². The molecule has 0 N–H and O–H groups in total. The van der Waals surface area contributed by atoms with Crippen LogP contribution in [0, 0.1) is 5.41 Å². The lowest BCUT2D eigenvalue weighted by atomic mass is 9.73. The molecule has 1 aliphatic heterocycles. The van der Waals surface area contributed by atoms with E-state index < -0.39 is 5.41 Å². The minimum atomic E-state index is -0.445. The van der Waals surface area contributed by atoms with Crippen molar-refractivity contribution in [2.75, 3.05) is 6.61 Å². The lowest BCUT2D eigenvalue weighted by Gasteiger charge is -2.32. The topological polar surface area (TPSA) is 44.8 Å². The summed E-state index contributed by atoms with van der Waals surface area (Å²) in [6.07, 6.45) is 4.78. The van der Waals surface area contributed by atoms with Gasteiger partial charge in [0.15, 0.2) is 0 Å². The Labute approximate surface area is 135 Å². The molecule has 0 aromatic heterocycles. The van der Waals surface area contributed by atoms with Gasteiger partial charge in [-0.15, -0.1) is 0 Å². The SMILES string of the molecule is CC(/C=C/CCOC(=O)C(C)(C)C)B1OC(C)(C)C(C)(C)O1. The number of ether oxygens (including phenoxy) is 1. The van der Waals surface area contributed by atoms with Gasteiger partial charge in [0, 0.05) is 5.82 Å². The second-order valence-electron chi connectivity index (χ2n) is 8.09. The molecule has 1 unspecified atom stereocenters. The minimum absolute atomic E-state index is 0.152. The van der Waals surface area contributed by atoms with E-state index in [0.717, 1.165) is 0 Å². The maximum absolute atomic E-state index is 11.6. The first-order chi connectivity index (χ1) is 9.87. The zero-order valence-electron chi connectivity index (χ0n) is 15.4. The molecule has 0 radical (unpaired) electrons. The molecule has 1 heterocycles. The van der Waals surface area contributed by atoms with E-state index in [-0.39, 0.29) is 30.1 Å². The van der Waals surface area contributed by atoms with Crippen molar-refractivity contribution < 1.29 is 18.8 Å². The Balaban J connectivity index is 2.38. The summed E-state index contributed by atoms with van der Waals surface area (Å²) < 4.78 is 17.2. The molecule has 0 spiro atoms. The van der Waals surface area contributed by atoms with Crippen molar-refractivity contribution in [2.45, 2.75) is 78.8 Å². The molecule has 22 heavy (non-hydrogen) atoms. The van der Waals surface area contributed by atoms with Crippen LogP contribution >= 0.6 is 0 Å². The van der Waals surface area contributed by atoms with Crippen molar-refractivity contribution in [3.63, 3.8) is 0 Å². The van der Waals surface area contributed by atoms with E-state index in [1.165, 1.54) is 0 Å². The van der Waals surface area contributed by atoms with Crippen molar-refractivity contribution in [3.05, 3.63) is 12.2 Å². The number of hydrogen-bond donors (Lipinski definition) is 0. The molecule has 4 nitrogen and oxygen atoms in total. The zero-order chi connectivity index (χ0) is 17.2. The van der Waals surface area contributed by atoms with Crippen LogP contribution in [0.1, 0.15) is 61.8 Å². The fourth-order valence-corrected chi connectivity index (χ4v) is 1.94. The van der Waals surface area contributed by atoms with Crippen LogP contribution in [0.5, 0.6) is 0 Å². The van der Waals surface area contributed by atoms with Gasteiger partial charge in [0.05, 0.1) is 23.2 Å². The van der Waals surface area contributed by atoms with E-state index in [9.17, 15) is 4.79 Å². The third-order valence-corrected chi connectivity index (χ3v) is 4.27. The Bertz CT molecular complexity index is 405. The smallest absolute Gasteiger partial charge is 0.464 e. The highest BCUT2D eigenvalue weighted by atomic mass is 16.7. The molecule has 1 atom stereocenters. The van der Waals surface area contributed by atoms with Crippen LogP contribution < -0.4 is 0 Å². The monoisotopic (exact) mass is 310 g/mol. The highest BCUT2D eigenvalue weighted by Gasteiger charge is 2.52. The third kappa shape index (κ3) is 4.85. The standard InChI is InChI=1S/C17H31BO4/c1-13(18-21-16(5,6)17(7,8)22-18)11-9-10-12-20-14(19)15(2,3)4/h9,11,13H,10,12H2,1-8H3/b11-9+. The van der Waals surface area contributed by atoms with Gasteiger partial charge in [0.2, 0.25) is 0 Å². The van der Waals surface area contributed by atoms with E-state index in [2.05, 4.69) is 40.7 Å². The fraction of sp³-hybridized carbons (Fsp3) is 0.824. The number of carbonyl (C=O) groups excluding carboxylic acids is 1. The summed E-state index contributed by atoms with van der Waals surface area (Å²) >= 11 is 0. The first-order valence-electron chi connectivity index (χ1n) is 8.06. The summed E-state index contributed by atoms with van der Waals surface area (Å²) in [6, 6.07) is 0. The van der Waals surface area contributed by atoms with Crippen LogP contribution in [0.2, 0.25) is 5.82 Å². The van der Waals surface area contributed by atoms with Gasteiger partial charge >= 0.3 is 13.1 Å². The Morgan fingerprint density at radius 1 is 1.18 bits per heavy atom. The van der Waals surface area contributed by atoms with Gasteiger partial charge in [-0.2, -0.15) is 0 Å². The van der Waals surface area contributed by atoms with Crippen LogP contribution in [0.15, 0.2) is 12.2 Å². The summed E-state index contributed by atoms with van der Waals surface area (Å²) in [4.78, 5) is 11.6. The highest BCUT2D eigenvalue weighted by molar-refractivity contribution is 6.48. The largest absolute Gasteiger partial charge is 0.465 e. The molecular formula is C17H31BO4. The van der Waals surface area contributed by atoms with Gasteiger partial charge in [-0.25, -0.2) is 0 Å². The maximum Gasteiger partial charge on any atom is 0.464 e. The van der Waals surface area contributed by atoms with Crippen LogP contribution in [0.4, 0.5) is 0 Å². The Morgan fingerprint density at radius 3 is 2.14 bits per heavy atom. The molecule has 0 saturated carbocycles. The van der Waals surface area contributed by atoms with Gasteiger partial charge in [-0.3, -0.25) is 4.79 Å². The van der Waals surface area contributed by atoms with Gasteiger partial charge in [0.1, 0.15) is 0 Å². The Morgan fingerprint density at radius 2 is 1.68 bits per heavy atom. The molecule has 126 valence electrons. The fourth-order valence-electron chi connectivity index (χ4n) is 1.94. The van der Waals surface area contributed by atoms with Crippen molar-refractivity contribution in [1.82, 2.24) is 0 Å². The summed E-state index contributed by atoms with van der Waals surface area (Å²) in [6.45, 7) is 16.2. The number of esters is 1. The first-order valence-corrected chi connectivity index (χ1v) is 8.06. The average Bonchev–Trinajstić information content (AvgIpc) is 2.56. The third-order valence-electron chi connectivity index (χ3n) is 4.27. The predicted molar refractivity (Wildman–Crippen MR) is 89.7 cm³/mol. The second kappa shape index (κ2) is 6.75.